The van der Waals surface area contributed by atoms with Crippen molar-refractivity contribution in [3.05, 3.63) is 0 Å². The highest BCUT2D eigenvalue weighted by molar-refractivity contribution is 5.84. The Hall–Kier alpha value is -0.650. The van der Waals surface area contributed by atoms with Crippen molar-refractivity contribution >= 4 is 5.91 Å². The zero-order chi connectivity index (χ0) is 13.6. The lowest BCUT2D eigenvalue weighted by atomic mass is 9.64. The number of rotatable bonds is 3. The number of carbonyl (C=O) groups excluding carboxylic acids is 1. The van der Waals surface area contributed by atoms with Crippen LogP contribution in [0.1, 0.15) is 27.2 Å². The van der Waals surface area contributed by atoms with E-state index < -0.39 is 5.41 Å². The molecule has 104 valence electrons. The van der Waals surface area contributed by atoms with Crippen LogP contribution in [0.15, 0.2) is 0 Å². The predicted octanol–water partition coefficient (Wildman–Crippen LogP) is 0.280. The number of nitrogens with two attached hydrogens (primary N) is 1. The molecule has 2 rings (SSSR count). The summed E-state index contributed by atoms with van der Waals surface area (Å²) in [6, 6.07) is -0.0708. The van der Waals surface area contributed by atoms with Gasteiger partial charge in [0.2, 0.25) is 5.91 Å². The summed E-state index contributed by atoms with van der Waals surface area (Å²) in [6.07, 6.45) is 1.07. The van der Waals surface area contributed by atoms with Crippen molar-refractivity contribution in [1.82, 2.24) is 5.32 Å². The van der Waals surface area contributed by atoms with Gasteiger partial charge in [-0.25, -0.2) is 0 Å². The molecule has 4 unspecified atom stereocenters. The minimum Gasteiger partial charge on any atom is -0.381 e. The van der Waals surface area contributed by atoms with Gasteiger partial charge in [0.25, 0.3) is 0 Å². The molecular formula is C13H24N2O3. The molecule has 18 heavy (non-hydrogen) atoms. The van der Waals surface area contributed by atoms with E-state index in [1.165, 1.54) is 0 Å². The van der Waals surface area contributed by atoms with Crippen LogP contribution >= 0.6 is 0 Å². The molecule has 1 amide bonds. The summed E-state index contributed by atoms with van der Waals surface area (Å²) in [5, 5.41) is 3.10. The molecule has 0 radical (unpaired) electrons. The lowest BCUT2D eigenvalue weighted by molar-refractivity contribution is -0.141. The number of methoxy groups -OCH3 is 1. The number of hydrogen-bond donors (Lipinski definition) is 2. The van der Waals surface area contributed by atoms with E-state index in [1.54, 1.807) is 7.11 Å². The van der Waals surface area contributed by atoms with E-state index in [0.29, 0.717) is 13.2 Å². The second-order valence-electron chi connectivity index (χ2n) is 6.35. The second-order valence-corrected chi connectivity index (χ2v) is 6.35. The van der Waals surface area contributed by atoms with Gasteiger partial charge in [0.1, 0.15) is 0 Å². The van der Waals surface area contributed by atoms with Gasteiger partial charge in [0, 0.05) is 24.6 Å². The molecule has 1 aliphatic heterocycles. The zero-order valence-electron chi connectivity index (χ0n) is 11.7. The minimum atomic E-state index is -0.603. The van der Waals surface area contributed by atoms with E-state index in [9.17, 15) is 4.79 Å². The number of hydrogen-bond acceptors (Lipinski definition) is 4. The molecule has 0 spiro atoms. The summed E-state index contributed by atoms with van der Waals surface area (Å²) in [4.78, 5) is 12.4. The quantitative estimate of drug-likeness (QED) is 0.760. The fourth-order valence-electron chi connectivity index (χ4n) is 2.78. The van der Waals surface area contributed by atoms with Gasteiger partial charge in [-0.3, -0.25) is 4.79 Å². The summed E-state index contributed by atoms with van der Waals surface area (Å²) in [7, 11) is 1.71. The third-order valence-corrected chi connectivity index (χ3v) is 4.80. The maximum atomic E-state index is 12.4. The summed E-state index contributed by atoms with van der Waals surface area (Å²) in [5.41, 5.74) is 5.33. The Bertz CT molecular complexity index is 345. The van der Waals surface area contributed by atoms with Gasteiger partial charge in [0.05, 0.1) is 24.7 Å². The van der Waals surface area contributed by atoms with Gasteiger partial charge >= 0.3 is 0 Å². The predicted molar refractivity (Wildman–Crippen MR) is 68.0 cm³/mol. The first kappa shape index (κ1) is 13.8. The third kappa shape index (κ3) is 1.94. The zero-order valence-corrected chi connectivity index (χ0v) is 11.7. The fraction of sp³-hybridized carbons (Fsp3) is 0.923. The lowest BCUT2D eigenvalue weighted by Crippen LogP contribution is -2.64. The fourth-order valence-corrected chi connectivity index (χ4v) is 2.78. The van der Waals surface area contributed by atoms with Crippen molar-refractivity contribution in [1.29, 1.82) is 0 Å². The van der Waals surface area contributed by atoms with Crippen LogP contribution in [0.3, 0.4) is 0 Å². The molecular weight excluding hydrogens is 232 g/mol. The molecule has 1 aliphatic carbocycles. The van der Waals surface area contributed by atoms with Crippen LogP contribution in [0.4, 0.5) is 0 Å². The van der Waals surface area contributed by atoms with E-state index in [0.717, 1.165) is 6.42 Å². The third-order valence-electron chi connectivity index (χ3n) is 4.80. The monoisotopic (exact) mass is 256 g/mol. The molecule has 5 nitrogen and oxygen atoms in total. The molecule has 1 heterocycles. The molecule has 0 aromatic carbocycles. The summed E-state index contributed by atoms with van der Waals surface area (Å²) in [6.45, 7) is 6.96. The van der Waals surface area contributed by atoms with Crippen LogP contribution in [0, 0.1) is 10.8 Å². The van der Waals surface area contributed by atoms with Gasteiger partial charge in [-0.1, -0.05) is 13.8 Å². The molecule has 2 fully saturated rings. The van der Waals surface area contributed by atoms with Crippen LogP contribution in [-0.4, -0.2) is 44.4 Å². The van der Waals surface area contributed by atoms with Crippen molar-refractivity contribution in [2.75, 3.05) is 20.3 Å². The highest BCUT2D eigenvalue weighted by Crippen LogP contribution is 2.43. The van der Waals surface area contributed by atoms with E-state index in [-0.39, 0.29) is 29.5 Å². The number of nitrogens with one attached hydrogen (secondary N) is 1. The number of amides is 1. The molecule has 4 atom stereocenters. The molecule has 1 saturated carbocycles. The van der Waals surface area contributed by atoms with E-state index in [4.69, 9.17) is 15.2 Å². The molecule has 0 bridgehead atoms. The normalized spacial score (nSPS) is 42.4. The maximum absolute atomic E-state index is 12.4. The highest BCUT2D eigenvalue weighted by Gasteiger charge is 2.52. The summed E-state index contributed by atoms with van der Waals surface area (Å²) >= 11 is 0. The Morgan fingerprint density at radius 2 is 2.11 bits per heavy atom. The average molecular weight is 256 g/mol. The van der Waals surface area contributed by atoms with E-state index in [2.05, 4.69) is 19.2 Å². The summed E-state index contributed by atoms with van der Waals surface area (Å²) < 4.78 is 10.7. The van der Waals surface area contributed by atoms with Crippen LogP contribution in [0.5, 0.6) is 0 Å². The lowest BCUT2D eigenvalue weighted by Gasteiger charge is -2.51. The van der Waals surface area contributed by atoms with Crippen LogP contribution < -0.4 is 11.1 Å². The van der Waals surface area contributed by atoms with Crippen LogP contribution in [0.25, 0.3) is 0 Å². The van der Waals surface area contributed by atoms with Crippen molar-refractivity contribution < 1.29 is 14.3 Å². The molecule has 2 aliphatic rings. The van der Waals surface area contributed by atoms with Crippen molar-refractivity contribution in [3.8, 4) is 0 Å². The SMILES string of the molecule is COC1CC(NC(=O)C2(C)COCC2N)C1(C)C. The molecule has 0 aromatic heterocycles. The van der Waals surface area contributed by atoms with Gasteiger partial charge in [-0.2, -0.15) is 0 Å². The molecule has 5 heteroatoms. The first-order valence-corrected chi connectivity index (χ1v) is 6.49. The van der Waals surface area contributed by atoms with E-state index >= 15 is 0 Å². The molecule has 0 aromatic rings. The van der Waals surface area contributed by atoms with Crippen LogP contribution in [0.2, 0.25) is 0 Å². The number of ether oxygens (including phenoxy) is 2. The number of carbonyl (C=O) groups is 1. The molecule has 1 saturated heterocycles. The molecule has 3 N–H and O–H groups in total. The Balaban J connectivity index is 1.97. The van der Waals surface area contributed by atoms with Crippen molar-refractivity contribution in [2.24, 2.45) is 16.6 Å². The second kappa shape index (κ2) is 4.47. The van der Waals surface area contributed by atoms with Gasteiger partial charge in [-0.15, -0.1) is 0 Å². The topological polar surface area (TPSA) is 73.6 Å². The van der Waals surface area contributed by atoms with Gasteiger partial charge in [0.15, 0.2) is 0 Å². The van der Waals surface area contributed by atoms with E-state index in [1.807, 2.05) is 6.92 Å². The Morgan fingerprint density at radius 1 is 1.44 bits per heavy atom. The van der Waals surface area contributed by atoms with Gasteiger partial charge in [-0.05, 0) is 13.3 Å². The minimum absolute atomic E-state index is 0.000119. The smallest absolute Gasteiger partial charge is 0.230 e. The first-order chi connectivity index (χ1) is 8.32. The highest BCUT2D eigenvalue weighted by atomic mass is 16.5. The standard InChI is InChI=1S/C13H24N2O3/c1-12(2)9(5-10(12)17-4)15-11(16)13(3)7-18-6-8(13)14/h8-10H,5-7,14H2,1-4H3,(H,15,16). The van der Waals surface area contributed by atoms with Crippen molar-refractivity contribution in [2.45, 2.75) is 45.4 Å². The van der Waals surface area contributed by atoms with Crippen LogP contribution in [-0.2, 0) is 14.3 Å². The Morgan fingerprint density at radius 3 is 2.56 bits per heavy atom. The maximum Gasteiger partial charge on any atom is 0.230 e. The van der Waals surface area contributed by atoms with Crippen molar-refractivity contribution in [3.63, 3.8) is 0 Å². The average Bonchev–Trinajstić information content (AvgIpc) is 2.65. The largest absolute Gasteiger partial charge is 0.381 e. The first-order valence-electron chi connectivity index (χ1n) is 6.49. The summed E-state index contributed by atoms with van der Waals surface area (Å²) in [5.74, 6) is 0.000119. The Kier molecular flexibility index (Phi) is 3.42. The van der Waals surface area contributed by atoms with Gasteiger partial charge < -0.3 is 20.5 Å². The Labute approximate surface area is 108 Å².